The van der Waals surface area contributed by atoms with Gasteiger partial charge in [-0.2, -0.15) is 5.10 Å². The third-order valence-corrected chi connectivity index (χ3v) is 5.62. The van der Waals surface area contributed by atoms with E-state index in [1.54, 1.807) is 0 Å². The minimum Gasteiger partial charge on any atom is -0.490 e. The fourth-order valence-corrected chi connectivity index (χ4v) is 3.61. The summed E-state index contributed by atoms with van der Waals surface area (Å²) < 4.78 is 8.10. The van der Waals surface area contributed by atoms with Gasteiger partial charge in [0.05, 0.1) is 18.3 Å². The SMILES string of the molecule is CCNC(=NCc1ccccc1OC1CCC1)NC(C)Cc1c(C)nn(C)c1C.I. The molecule has 6 nitrogen and oxygen atoms in total. The molecule has 0 aliphatic heterocycles. The summed E-state index contributed by atoms with van der Waals surface area (Å²) in [5, 5.41) is 11.4. The van der Waals surface area contributed by atoms with Crippen molar-refractivity contribution in [2.24, 2.45) is 12.0 Å². The summed E-state index contributed by atoms with van der Waals surface area (Å²) in [7, 11) is 2.00. The van der Waals surface area contributed by atoms with Crippen LogP contribution >= 0.6 is 24.0 Å². The first-order chi connectivity index (χ1) is 14.0. The van der Waals surface area contributed by atoms with Crippen LogP contribution in [-0.4, -0.2) is 34.4 Å². The lowest BCUT2D eigenvalue weighted by Crippen LogP contribution is -2.43. The van der Waals surface area contributed by atoms with Gasteiger partial charge in [-0.3, -0.25) is 4.68 Å². The zero-order chi connectivity index (χ0) is 20.8. The average Bonchev–Trinajstić information content (AvgIpc) is 2.89. The number of aromatic nitrogens is 2. The number of rotatable bonds is 8. The van der Waals surface area contributed by atoms with Gasteiger partial charge in [-0.15, -0.1) is 24.0 Å². The molecule has 0 amide bonds. The van der Waals surface area contributed by atoms with Gasteiger partial charge in [0.15, 0.2) is 5.96 Å². The van der Waals surface area contributed by atoms with Gasteiger partial charge in [0.2, 0.25) is 0 Å². The number of hydrogen-bond acceptors (Lipinski definition) is 3. The number of ether oxygens (including phenoxy) is 1. The van der Waals surface area contributed by atoms with E-state index in [4.69, 9.17) is 9.73 Å². The van der Waals surface area contributed by atoms with Crippen LogP contribution in [0.1, 0.15) is 55.6 Å². The Balaban J connectivity index is 0.00000320. The highest BCUT2D eigenvalue weighted by Gasteiger charge is 2.20. The maximum atomic E-state index is 6.14. The Hall–Kier alpha value is -1.77. The number of nitrogens with one attached hydrogen (secondary N) is 2. The van der Waals surface area contributed by atoms with Gasteiger partial charge < -0.3 is 15.4 Å². The molecule has 1 aliphatic rings. The molecule has 2 N–H and O–H groups in total. The Labute approximate surface area is 197 Å². The molecule has 1 aromatic heterocycles. The molecule has 0 saturated heterocycles. The predicted octanol–water partition coefficient (Wildman–Crippen LogP) is 4.27. The summed E-state index contributed by atoms with van der Waals surface area (Å²) in [6.45, 7) is 9.89. The first-order valence-corrected chi connectivity index (χ1v) is 10.8. The molecule has 2 aromatic rings. The molecule has 3 rings (SSSR count). The number of guanidine groups is 1. The molecule has 1 heterocycles. The Kier molecular flexibility index (Phi) is 9.45. The number of para-hydroxylation sites is 1. The minimum atomic E-state index is 0. The molecule has 0 spiro atoms. The summed E-state index contributed by atoms with van der Waals surface area (Å²) >= 11 is 0. The standard InChI is InChI=1S/C23H35N5O.HI/c1-6-24-23(26-16(2)14-21-17(3)27-28(5)18(21)4)25-15-19-10-7-8-13-22(19)29-20-11-9-12-20;/h7-8,10,13,16,20H,6,9,11-12,14-15H2,1-5H3,(H2,24,25,26);1H. The van der Waals surface area contributed by atoms with Gasteiger partial charge in [0.1, 0.15) is 5.75 Å². The van der Waals surface area contributed by atoms with Crippen molar-refractivity contribution < 1.29 is 4.74 Å². The monoisotopic (exact) mass is 525 g/mol. The van der Waals surface area contributed by atoms with Crippen molar-refractivity contribution in [2.75, 3.05) is 6.54 Å². The lowest BCUT2D eigenvalue weighted by molar-refractivity contribution is 0.119. The van der Waals surface area contributed by atoms with E-state index in [1.807, 2.05) is 17.8 Å². The fourth-order valence-electron chi connectivity index (χ4n) is 3.61. The van der Waals surface area contributed by atoms with Gasteiger partial charge >= 0.3 is 0 Å². The largest absolute Gasteiger partial charge is 0.490 e. The topological polar surface area (TPSA) is 63.5 Å². The highest BCUT2D eigenvalue weighted by atomic mass is 127. The first kappa shape index (κ1) is 24.5. The second-order valence-electron chi connectivity index (χ2n) is 8.00. The van der Waals surface area contributed by atoms with Crippen LogP contribution in [0.25, 0.3) is 0 Å². The van der Waals surface area contributed by atoms with E-state index in [2.05, 4.69) is 61.6 Å². The molecule has 1 saturated carbocycles. The van der Waals surface area contributed by atoms with E-state index < -0.39 is 0 Å². The van der Waals surface area contributed by atoms with E-state index in [1.165, 1.54) is 17.7 Å². The highest BCUT2D eigenvalue weighted by Crippen LogP contribution is 2.27. The molecule has 1 atom stereocenters. The lowest BCUT2D eigenvalue weighted by Gasteiger charge is -2.27. The van der Waals surface area contributed by atoms with Crippen molar-refractivity contribution in [1.82, 2.24) is 20.4 Å². The van der Waals surface area contributed by atoms with E-state index in [9.17, 15) is 0 Å². The zero-order valence-corrected chi connectivity index (χ0v) is 21.2. The Morgan fingerprint density at radius 2 is 2.03 bits per heavy atom. The van der Waals surface area contributed by atoms with E-state index in [-0.39, 0.29) is 30.0 Å². The molecule has 1 unspecified atom stereocenters. The quantitative estimate of drug-likeness (QED) is 0.307. The van der Waals surface area contributed by atoms with Crippen LogP contribution in [0.15, 0.2) is 29.3 Å². The number of halogens is 1. The molecular formula is C23H36IN5O. The first-order valence-electron chi connectivity index (χ1n) is 10.8. The van der Waals surface area contributed by atoms with Crippen molar-refractivity contribution in [1.29, 1.82) is 0 Å². The zero-order valence-electron chi connectivity index (χ0n) is 18.9. The molecule has 1 aliphatic carbocycles. The molecule has 166 valence electrons. The predicted molar refractivity (Wildman–Crippen MR) is 134 cm³/mol. The van der Waals surface area contributed by atoms with Gasteiger partial charge in [-0.25, -0.2) is 4.99 Å². The third kappa shape index (κ3) is 6.36. The molecule has 1 fully saturated rings. The van der Waals surface area contributed by atoms with Crippen LogP contribution in [0.4, 0.5) is 0 Å². The number of nitrogens with zero attached hydrogens (tertiary/aromatic N) is 3. The molecule has 7 heteroatoms. The average molecular weight is 525 g/mol. The Morgan fingerprint density at radius 3 is 2.63 bits per heavy atom. The van der Waals surface area contributed by atoms with Crippen LogP contribution in [0.2, 0.25) is 0 Å². The number of hydrogen-bond donors (Lipinski definition) is 2. The molecular weight excluding hydrogens is 489 g/mol. The van der Waals surface area contributed by atoms with Crippen molar-refractivity contribution in [2.45, 2.75) is 72.1 Å². The summed E-state index contributed by atoms with van der Waals surface area (Å²) in [4.78, 5) is 4.82. The molecule has 0 bridgehead atoms. The van der Waals surface area contributed by atoms with Gasteiger partial charge in [-0.1, -0.05) is 18.2 Å². The van der Waals surface area contributed by atoms with Crippen LogP contribution in [0.3, 0.4) is 0 Å². The normalized spacial score (nSPS) is 15.2. The highest BCUT2D eigenvalue weighted by molar-refractivity contribution is 14.0. The summed E-state index contributed by atoms with van der Waals surface area (Å²) in [6, 6.07) is 8.49. The maximum Gasteiger partial charge on any atom is 0.191 e. The van der Waals surface area contributed by atoms with E-state index in [0.717, 1.165) is 48.8 Å². The van der Waals surface area contributed by atoms with Crippen molar-refractivity contribution in [3.8, 4) is 5.75 Å². The summed E-state index contributed by atoms with van der Waals surface area (Å²) in [5.74, 6) is 1.80. The summed E-state index contributed by atoms with van der Waals surface area (Å²) in [6.07, 6.45) is 4.88. The maximum absolute atomic E-state index is 6.14. The van der Waals surface area contributed by atoms with Crippen molar-refractivity contribution in [3.05, 3.63) is 46.8 Å². The van der Waals surface area contributed by atoms with Gasteiger partial charge in [0.25, 0.3) is 0 Å². The Morgan fingerprint density at radius 1 is 1.30 bits per heavy atom. The second kappa shape index (κ2) is 11.6. The van der Waals surface area contributed by atoms with Crippen LogP contribution in [0, 0.1) is 13.8 Å². The third-order valence-electron chi connectivity index (χ3n) is 5.62. The van der Waals surface area contributed by atoms with Gasteiger partial charge in [-0.05, 0) is 65.0 Å². The fraction of sp³-hybridized carbons (Fsp3) is 0.565. The molecule has 30 heavy (non-hydrogen) atoms. The van der Waals surface area contributed by atoms with Crippen LogP contribution in [0.5, 0.6) is 5.75 Å². The van der Waals surface area contributed by atoms with E-state index >= 15 is 0 Å². The summed E-state index contributed by atoms with van der Waals surface area (Å²) in [5.41, 5.74) is 4.76. The van der Waals surface area contributed by atoms with E-state index in [0.29, 0.717) is 12.6 Å². The Bertz CT molecular complexity index is 844. The second-order valence-corrected chi connectivity index (χ2v) is 8.00. The van der Waals surface area contributed by atoms with Crippen molar-refractivity contribution >= 4 is 29.9 Å². The molecule has 0 radical (unpaired) electrons. The number of aryl methyl sites for hydroxylation is 2. The van der Waals surface area contributed by atoms with Crippen LogP contribution in [-0.2, 0) is 20.0 Å². The van der Waals surface area contributed by atoms with Crippen molar-refractivity contribution in [3.63, 3.8) is 0 Å². The number of aliphatic imine (C=N–C) groups is 1. The van der Waals surface area contributed by atoms with Crippen LogP contribution < -0.4 is 15.4 Å². The number of benzene rings is 1. The lowest BCUT2D eigenvalue weighted by atomic mass is 9.96. The smallest absolute Gasteiger partial charge is 0.191 e. The molecule has 1 aromatic carbocycles. The minimum absolute atomic E-state index is 0. The van der Waals surface area contributed by atoms with Gasteiger partial charge in [0, 0.05) is 30.9 Å².